The number of nitriles is 1. The summed E-state index contributed by atoms with van der Waals surface area (Å²) in [4.78, 5) is 21.2. The van der Waals surface area contributed by atoms with E-state index in [4.69, 9.17) is 16.9 Å². The molecule has 0 amide bonds. The standard InChI is InChI=1S/C9H5ClN2O4/c1-16-9(13)7-3-6(10)2-5(4-11)8(7)12(14)15/h2-3H,1H3. The van der Waals surface area contributed by atoms with Gasteiger partial charge in [0.2, 0.25) is 0 Å². The maximum absolute atomic E-state index is 11.3. The summed E-state index contributed by atoms with van der Waals surface area (Å²) in [6.45, 7) is 0. The minimum absolute atomic E-state index is 0.0579. The predicted molar refractivity (Wildman–Crippen MR) is 54.2 cm³/mol. The van der Waals surface area contributed by atoms with Crippen molar-refractivity contribution in [3.05, 3.63) is 38.4 Å². The summed E-state index contributed by atoms with van der Waals surface area (Å²) in [5, 5.41) is 19.5. The highest BCUT2D eigenvalue weighted by Gasteiger charge is 2.26. The van der Waals surface area contributed by atoms with Crippen molar-refractivity contribution in [2.24, 2.45) is 0 Å². The van der Waals surface area contributed by atoms with E-state index in [0.29, 0.717) is 0 Å². The molecule has 0 aliphatic heterocycles. The van der Waals surface area contributed by atoms with Crippen LogP contribution in [0, 0.1) is 21.4 Å². The lowest BCUT2D eigenvalue weighted by Gasteiger charge is -2.03. The number of nitro groups is 1. The molecular formula is C9H5ClN2O4. The van der Waals surface area contributed by atoms with Gasteiger partial charge in [-0.25, -0.2) is 4.79 Å². The molecule has 0 unspecified atom stereocenters. The number of methoxy groups -OCH3 is 1. The van der Waals surface area contributed by atoms with Crippen molar-refractivity contribution in [2.75, 3.05) is 7.11 Å². The number of esters is 1. The lowest BCUT2D eigenvalue weighted by molar-refractivity contribution is -0.385. The van der Waals surface area contributed by atoms with Crippen LogP contribution in [-0.2, 0) is 4.74 Å². The molecule has 1 aromatic rings. The van der Waals surface area contributed by atoms with Gasteiger partial charge in [-0.1, -0.05) is 11.6 Å². The number of carbonyl (C=O) groups is 1. The zero-order valence-electron chi connectivity index (χ0n) is 8.06. The van der Waals surface area contributed by atoms with Crippen molar-refractivity contribution in [1.82, 2.24) is 0 Å². The highest BCUT2D eigenvalue weighted by atomic mass is 35.5. The summed E-state index contributed by atoms with van der Waals surface area (Å²) in [6, 6.07) is 3.81. The molecule has 6 nitrogen and oxygen atoms in total. The first-order valence-corrected chi connectivity index (χ1v) is 4.35. The van der Waals surface area contributed by atoms with E-state index in [1.54, 1.807) is 6.07 Å². The number of benzene rings is 1. The van der Waals surface area contributed by atoms with Crippen molar-refractivity contribution in [3.8, 4) is 6.07 Å². The summed E-state index contributed by atoms with van der Waals surface area (Å²) < 4.78 is 4.37. The molecule has 0 fully saturated rings. The number of halogens is 1. The molecule has 0 saturated heterocycles. The van der Waals surface area contributed by atoms with Gasteiger partial charge in [0.1, 0.15) is 17.2 Å². The number of carbonyl (C=O) groups excluding carboxylic acids is 1. The molecule has 0 spiro atoms. The first kappa shape index (κ1) is 11.9. The smallest absolute Gasteiger partial charge is 0.344 e. The third kappa shape index (κ3) is 2.10. The Hall–Kier alpha value is -2.13. The fourth-order valence-electron chi connectivity index (χ4n) is 1.15. The summed E-state index contributed by atoms with van der Waals surface area (Å²) in [7, 11) is 1.08. The van der Waals surface area contributed by atoms with Crippen LogP contribution in [0.1, 0.15) is 15.9 Å². The molecule has 0 radical (unpaired) electrons. The minimum Gasteiger partial charge on any atom is -0.465 e. The summed E-state index contributed by atoms with van der Waals surface area (Å²) in [5.41, 5.74) is -1.21. The molecule has 1 rings (SSSR count). The van der Waals surface area contributed by atoms with Crippen LogP contribution in [0.2, 0.25) is 5.02 Å². The second-order valence-corrected chi connectivity index (χ2v) is 3.15. The van der Waals surface area contributed by atoms with Gasteiger partial charge in [0.25, 0.3) is 0 Å². The summed E-state index contributed by atoms with van der Waals surface area (Å²) in [5.74, 6) is -0.911. The van der Waals surface area contributed by atoms with E-state index in [2.05, 4.69) is 4.74 Å². The van der Waals surface area contributed by atoms with E-state index in [9.17, 15) is 14.9 Å². The van der Waals surface area contributed by atoms with Crippen LogP contribution in [0.25, 0.3) is 0 Å². The fourth-order valence-corrected chi connectivity index (χ4v) is 1.36. The molecule has 16 heavy (non-hydrogen) atoms. The third-order valence-corrected chi connectivity index (χ3v) is 2.00. The minimum atomic E-state index is -0.911. The number of nitrogens with zero attached hydrogens (tertiary/aromatic N) is 2. The van der Waals surface area contributed by atoms with Crippen LogP contribution in [-0.4, -0.2) is 18.0 Å². The van der Waals surface area contributed by atoms with Gasteiger partial charge in [0.05, 0.1) is 12.0 Å². The molecule has 0 bridgehead atoms. The Morgan fingerprint density at radius 1 is 1.62 bits per heavy atom. The molecule has 82 valence electrons. The van der Waals surface area contributed by atoms with Crippen LogP contribution in [0.15, 0.2) is 12.1 Å². The Morgan fingerprint density at radius 3 is 2.69 bits per heavy atom. The molecule has 0 aromatic heterocycles. The number of hydrogen-bond donors (Lipinski definition) is 0. The van der Waals surface area contributed by atoms with Crippen LogP contribution in [0.5, 0.6) is 0 Å². The Kier molecular flexibility index (Phi) is 3.43. The van der Waals surface area contributed by atoms with E-state index in [1.807, 2.05) is 0 Å². The van der Waals surface area contributed by atoms with Crippen molar-refractivity contribution >= 4 is 23.3 Å². The number of nitro benzene ring substituents is 1. The molecular weight excluding hydrogens is 236 g/mol. The van der Waals surface area contributed by atoms with Crippen LogP contribution in [0.3, 0.4) is 0 Å². The van der Waals surface area contributed by atoms with Crippen molar-refractivity contribution < 1.29 is 14.5 Å². The maximum atomic E-state index is 11.3. The quantitative estimate of drug-likeness (QED) is 0.447. The van der Waals surface area contributed by atoms with Gasteiger partial charge >= 0.3 is 11.7 Å². The normalized spacial score (nSPS) is 9.31. The van der Waals surface area contributed by atoms with Gasteiger partial charge in [-0.2, -0.15) is 5.26 Å². The molecule has 0 heterocycles. The van der Waals surface area contributed by atoms with E-state index in [0.717, 1.165) is 19.2 Å². The van der Waals surface area contributed by atoms with Crippen LogP contribution >= 0.6 is 11.6 Å². The van der Waals surface area contributed by atoms with Gasteiger partial charge in [0, 0.05) is 5.02 Å². The first-order chi connectivity index (χ1) is 7.51. The predicted octanol–water partition coefficient (Wildman–Crippen LogP) is 1.91. The zero-order chi connectivity index (χ0) is 12.3. The van der Waals surface area contributed by atoms with E-state index in [-0.39, 0.29) is 16.1 Å². The van der Waals surface area contributed by atoms with Gasteiger partial charge < -0.3 is 4.74 Å². The van der Waals surface area contributed by atoms with E-state index < -0.39 is 16.6 Å². The molecule has 7 heteroatoms. The molecule has 0 saturated carbocycles. The molecule has 0 atom stereocenters. The second-order valence-electron chi connectivity index (χ2n) is 2.71. The largest absolute Gasteiger partial charge is 0.465 e. The SMILES string of the molecule is COC(=O)c1cc(Cl)cc(C#N)c1[N+](=O)[O-]. The third-order valence-electron chi connectivity index (χ3n) is 1.78. The number of rotatable bonds is 2. The molecule has 1 aromatic carbocycles. The van der Waals surface area contributed by atoms with Gasteiger partial charge in [0.15, 0.2) is 0 Å². The number of hydrogen-bond acceptors (Lipinski definition) is 5. The highest BCUT2D eigenvalue weighted by molar-refractivity contribution is 6.31. The fraction of sp³-hybridized carbons (Fsp3) is 0.111. The van der Waals surface area contributed by atoms with Crippen LogP contribution < -0.4 is 0 Å². The second kappa shape index (κ2) is 4.59. The lowest BCUT2D eigenvalue weighted by Crippen LogP contribution is -2.07. The monoisotopic (exact) mass is 240 g/mol. The molecule has 0 aliphatic rings. The van der Waals surface area contributed by atoms with Gasteiger partial charge in [-0.15, -0.1) is 0 Å². The average molecular weight is 241 g/mol. The Morgan fingerprint density at radius 2 is 2.25 bits per heavy atom. The topological polar surface area (TPSA) is 93.2 Å². The Bertz CT molecular complexity index is 507. The van der Waals surface area contributed by atoms with Crippen LogP contribution in [0.4, 0.5) is 5.69 Å². The lowest BCUT2D eigenvalue weighted by atomic mass is 10.1. The summed E-state index contributed by atoms with van der Waals surface area (Å²) >= 11 is 5.62. The molecule has 0 N–H and O–H groups in total. The van der Waals surface area contributed by atoms with E-state index in [1.165, 1.54) is 0 Å². The Labute approximate surface area is 95.2 Å². The van der Waals surface area contributed by atoms with Gasteiger partial charge in [-0.3, -0.25) is 10.1 Å². The van der Waals surface area contributed by atoms with Crippen molar-refractivity contribution in [2.45, 2.75) is 0 Å². The highest BCUT2D eigenvalue weighted by Crippen LogP contribution is 2.28. The zero-order valence-corrected chi connectivity index (χ0v) is 8.82. The maximum Gasteiger partial charge on any atom is 0.344 e. The molecule has 0 aliphatic carbocycles. The van der Waals surface area contributed by atoms with E-state index >= 15 is 0 Å². The van der Waals surface area contributed by atoms with Gasteiger partial charge in [-0.05, 0) is 12.1 Å². The number of ether oxygens (including phenoxy) is 1. The van der Waals surface area contributed by atoms with Crippen molar-refractivity contribution in [3.63, 3.8) is 0 Å². The first-order valence-electron chi connectivity index (χ1n) is 3.97. The average Bonchev–Trinajstić information content (AvgIpc) is 2.26. The summed E-state index contributed by atoms with van der Waals surface area (Å²) in [6.07, 6.45) is 0. The van der Waals surface area contributed by atoms with Crippen molar-refractivity contribution in [1.29, 1.82) is 5.26 Å². The Balaban J connectivity index is 3.58.